The van der Waals surface area contributed by atoms with E-state index < -0.39 is 57.8 Å². The lowest BCUT2D eigenvalue weighted by Gasteiger charge is -2.25. The lowest BCUT2D eigenvalue weighted by atomic mass is 10.1. The highest BCUT2D eigenvalue weighted by Gasteiger charge is 2.37. The monoisotopic (exact) mass is 661 g/mol. The number of H-pyrrole nitrogens is 1. The number of aromatic amines is 1. The Kier molecular flexibility index (Phi) is 10.6. The van der Waals surface area contributed by atoms with Crippen LogP contribution in [0.15, 0.2) is 88.6 Å². The fourth-order valence-corrected chi connectivity index (χ4v) is 7.16. The molecule has 3 N–H and O–H groups in total. The van der Waals surface area contributed by atoms with Gasteiger partial charge in [0, 0.05) is 5.39 Å². The van der Waals surface area contributed by atoms with Crippen LogP contribution >= 0.6 is 16.3 Å². The highest BCUT2D eigenvalue weighted by molar-refractivity contribution is 7.61. The molecule has 3 aromatic carbocycles. The average molecular weight is 662 g/mol. The van der Waals surface area contributed by atoms with Gasteiger partial charge in [-0.1, -0.05) is 66.7 Å². The Morgan fingerprint density at radius 1 is 1.13 bits per heavy atom. The van der Waals surface area contributed by atoms with Gasteiger partial charge in [0.05, 0.1) is 18.9 Å². The van der Waals surface area contributed by atoms with E-state index in [9.17, 15) is 28.2 Å². The van der Waals surface area contributed by atoms with Gasteiger partial charge in [-0.25, -0.2) is 13.7 Å². The first-order chi connectivity index (χ1) is 21.6. The van der Waals surface area contributed by atoms with Crippen LogP contribution in [0.4, 0.5) is 4.39 Å². The van der Waals surface area contributed by atoms with E-state index in [0.29, 0.717) is 11.8 Å². The van der Waals surface area contributed by atoms with E-state index in [-0.39, 0.29) is 25.4 Å². The van der Waals surface area contributed by atoms with Gasteiger partial charge in [-0.15, -0.1) is 0 Å². The summed E-state index contributed by atoms with van der Waals surface area (Å²) in [5.74, 6) is -1.72. The van der Waals surface area contributed by atoms with Gasteiger partial charge in [-0.3, -0.25) is 19.1 Å². The molecule has 16 heteroatoms. The van der Waals surface area contributed by atoms with Gasteiger partial charge >= 0.3 is 28.0 Å². The van der Waals surface area contributed by atoms with Crippen LogP contribution in [-0.4, -0.2) is 39.2 Å². The van der Waals surface area contributed by atoms with Crippen molar-refractivity contribution in [2.75, 3.05) is 6.61 Å². The third-order valence-electron chi connectivity index (χ3n) is 6.77. The van der Waals surface area contributed by atoms with E-state index in [4.69, 9.17) is 22.8 Å². The summed E-state index contributed by atoms with van der Waals surface area (Å²) in [6.45, 7) is 1.14. The number of fused-ring (bicyclic) bond motifs is 1. The van der Waals surface area contributed by atoms with Gasteiger partial charge in [0.1, 0.15) is 24.6 Å². The zero-order chi connectivity index (χ0) is 32.0. The quantitative estimate of drug-likeness (QED) is 0.135. The predicted molar refractivity (Wildman–Crippen MR) is 162 cm³/mol. The molecule has 0 bridgehead atoms. The Morgan fingerprint density at radius 2 is 1.87 bits per heavy atom. The minimum atomic E-state index is -4.50. The van der Waals surface area contributed by atoms with Crippen molar-refractivity contribution in [1.29, 1.82) is 0 Å². The van der Waals surface area contributed by atoms with E-state index in [1.165, 1.54) is 6.92 Å². The molecule has 45 heavy (non-hydrogen) atoms. The van der Waals surface area contributed by atoms with E-state index in [1.807, 2.05) is 29.2 Å². The largest absolute Gasteiger partial charge is 0.466 e. The van der Waals surface area contributed by atoms with Gasteiger partial charge in [0.15, 0.2) is 0 Å². The standard InChI is InChI=1S/C29H30FN3O10P2/c1-19(28(35)39-17-20-8-3-2-4-9-20)32-45(38,42-25-13-7-11-21-10-5-6-12-23(21)25)43-44(37)40-18-22-14-15-26(41-22)33-16-24(30)27(34)31-29(33)36/h2-13,16,19,22,26,37H,14-15,17-18H2,1H3,(H,32,38)(H,31,34,36). The number of esters is 1. The van der Waals surface area contributed by atoms with Crippen molar-refractivity contribution in [1.82, 2.24) is 14.6 Å². The van der Waals surface area contributed by atoms with Gasteiger partial charge in [0.2, 0.25) is 5.82 Å². The average Bonchev–Trinajstić information content (AvgIpc) is 3.50. The van der Waals surface area contributed by atoms with Crippen LogP contribution in [0.25, 0.3) is 10.8 Å². The highest BCUT2D eigenvalue weighted by atomic mass is 31.3. The number of nitrogens with one attached hydrogen (secondary N) is 2. The number of halogens is 1. The molecule has 1 aliphatic heterocycles. The van der Waals surface area contributed by atoms with Crippen molar-refractivity contribution in [3.05, 3.63) is 111 Å². The molecule has 0 saturated carbocycles. The second-order valence-corrected chi connectivity index (χ2v) is 12.9. The van der Waals surface area contributed by atoms with Gasteiger partial charge in [-0.05, 0) is 36.8 Å². The molecule has 0 spiro atoms. The molecule has 1 aliphatic rings. The molecule has 238 valence electrons. The molecule has 1 fully saturated rings. The molecule has 0 radical (unpaired) electrons. The second kappa shape index (κ2) is 14.6. The Hall–Kier alpha value is -3.74. The number of carbonyl (C=O) groups excluding carboxylic acids is 1. The van der Waals surface area contributed by atoms with Crippen LogP contribution in [0.1, 0.15) is 31.6 Å². The molecule has 1 saturated heterocycles. The minimum absolute atomic E-state index is 0.0168. The lowest BCUT2D eigenvalue weighted by molar-refractivity contribution is -0.146. The molecule has 0 amide bonds. The van der Waals surface area contributed by atoms with Crippen LogP contribution in [0, 0.1) is 5.82 Å². The zero-order valence-electron chi connectivity index (χ0n) is 23.9. The summed E-state index contributed by atoms with van der Waals surface area (Å²) in [6, 6.07) is 20.1. The number of ether oxygens (including phenoxy) is 2. The number of carbonyl (C=O) groups is 1. The van der Waals surface area contributed by atoms with Crippen LogP contribution < -0.4 is 20.9 Å². The van der Waals surface area contributed by atoms with Crippen molar-refractivity contribution < 1.29 is 41.5 Å². The van der Waals surface area contributed by atoms with Crippen LogP contribution in [0.5, 0.6) is 5.75 Å². The minimum Gasteiger partial charge on any atom is -0.460 e. The second-order valence-electron chi connectivity index (χ2n) is 10.1. The first-order valence-electron chi connectivity index (χ1n) is 13.8. The summed E-state index contributed by atoms with van der Waals surface area (Å²) in [5, 5.41) is 3.92. The maximum atomic E-state index is 14.0. The predicted octanol–water partition coefficient (Wildman–Crippen LogP) is 4.67. The third kappa shape index (κ3) is 8.50. The number of benzene rings is 3. The van der Waals surface area contributed by atoms with E-state index >= 15 is 0 Å². The number of nitrogens with zero attached hydrogens (tertiary/aromatic N) is 1. The smallest absolute Gasteiger partial charge is 0.460 e. The summed E-state index contributed by atoms with van der Waals surface area (Å²) in [6.07, 6.45) is -0.135. The number of aromatic nitrogens is 2. The Labute approximate surface area is 257 Å². The van der Waals surface area contributed by atoms with E-state index in [1.54, 1.807) is 48.5 Å². The van der Waals surface area contributed by atoms with Crippen LogP contribution in [0.2, 0.25) is 0 Å². The zero-order valence-corrected chi connectivity index (χ0v) is 25.7. The Balaban J connectivity index is 1.25. The van der Waals surface area contributed by atoms with Crippen LogP contribution in [0.3, 0.4) is 0 Å². The fraction of sp³-hybridized carbons (Fsp3) is 0.276. The van der Waals surface area contributed by atoms with Gasteiger partial charge < -0.3 is 23.4 Å². The van der Waals surface area contributed by atoms with Crippen molar-refractivity contribution >= 4 is 33.1 Å². The first-order valence-corrected chi connectivity index (χ1v) is 16.5. The molecule has 2 heterocycles. The van der Waals surface area contributed by atoms with Gasteiger partial charge in [0.25, 0.3) is 5.56 Å². The Bertz CT molecular complexity index is 1800. The number of hydrogen-bond acceptors (Lipinski definition) is 10. The summed E-state index contributed by atoms with van der Waals surface area (Å²) < 4.78 is 56.3. The molecule has 13 nitrogen and oxygen atoms in total. The van der Waals surface area contributed by atoms with Crippen molar-refractivity contribution in [2.24, 2.45) is 0 Å². The van der Waals surface area contributed by atoms with E-state index in [2.05, 4.69) is 5.09 Å². The molecule has 5 rings (SSSR count). The van der Waals surface area contributed by atoms with Crippen molar-refractivity contribution in [3.63, 3.8) is 0 Å². The maximum Gasteiger partial charge on any atom is 0.466 e. The molecular formula is C29H30FN3O10P2. The summed E-state index contributed by atoms with van der Waals surface area (Å²) >= 11 is 0. The highest BCUT2D eigenvalue weighted by Crippen LogP contribution is 2.56. The molecule has 1 aromatic heterocycles. The molecular weight excluding hydrogens is 631 g/mol. The summed E-state index contributed by atoms with van der Waals surface area (Å²) in [7, 11) is -7.37. The summed E-state index contributed by atoms with van der Waals surface area (Å²) in [5.41, 5.74) is -1.22. The third-order valence-corrected chi connectivity index (χ3v) is 9.69. The number of rotatable bonds is 13. The van der Waals surface area contributed by atoms with Gasteiger partial charge in [-0.2, -0.15) is 9.48 Å². The Morgan fingerprint density at radius 3 is 2.67 bits per heavy atom. The topological polar surface area (TPSA) is 167 Å². The van der Waals surface area contributed by atoms with Crippen LogP contribution in [-0.2, 0) is 34.3 Å². The van der Waals surface area contributed by atoms with Crippen molar-refractivity contribution in [2.45, 2.75) is 44.7 Å². The van der Waals surface area contributed by atoms with Crippen molar-refractivity contribution in [3.8, 4) is 5.75 Å². The molecule has 0 aliphatic carbocycles. The molecule has 5 atom stereocenters. The fourth-order valence-electron chi connectivity index (χ4n) is 4.57. The maximum absolute atomic E-state index is 14.0. The lowest BCUT2D eigenvalue weighted by Crippen LogP contribution is -2.34. The molecule has 4 aromatic rings. The first kappa shape index (κ1) is 32.6. The SMILES string of the molecule is CC(NP(=O)(Oc1cccc2ccccc12)OP(O)OCC1CCC(n2cc(F)c(=O)[nH]c2=O)O1)C(=O)OCc1ccccc1. The van der Waals surface area contributed by atoms with E-state index in [0.717, 1.165) is 21.7 Å². The summed E-state index contributed by atoms with van der Waals surface area (Å²) in [4.78, 5) is 48.7. The molecule has 5 unspecified atom stereocenters. The number of hydrogen-bond donors (Lipinski definition) is 3. The normalized spacial score (nSPS) is 19.1.